The molecule has 0 bridgehead atoms. The molecule has 1 aromatic heterocycles. The number of carbonyl (C=O) groups excluding carboxylic acids is 1. The van der Waals surface area contributed by atoms with E-state index >= 15 is 0 Å². The smallest absolute Gasteiger partial charge is 0.267 e. The van der Waals surface area contributed by atoms with Gasteiger partial charge in [-0.2, -0.15) is 5.10 Å². The summed E-state index contributed by atoms with van der Waals surface area (Å²) in [5.41, 5.74) is 0.998. The lowest BCUT2D eigenvalue weighted by Gasteiger charge is -2.04. The Bertz CT molecular complexity index is 632. The number of Topliss-reactive ketones (excluding diaryl/α,β-unsaturated/α-hetero) is 1. The van der Waals surface area contributed by atoms with Crippen molar-refractivity contribution >= 4 is 21.7 Å². The number of hydrogen-bond acceptors (Lipinski definition) is 3. The van der Waals surface area contributed by atoms with Crippen LogP contribution in [0, 0.1) is 6.92 Å². The summed E-state index contributed by atoms with van der Waals surface area (Å²) < 4.78 is 2.09. The zero-order valence-electron chi connectivity index (χ0n) is 9.76. The Labute approximate surface area is 112 Å². The lowest BCUT2D eigenvalue weighted by atomic mass is 10.1. The molecule has 0 radical (unpaired) electrons. The lowest BCUT2D eigenvalue weighted by Crippen LogP contribution is -2.26. The maximum Gasteiger partial charge on any atom is 0.267 e. The van der Waals surface area contributed by atoms with E-state index in [-0.39, 0.29) is 17.9 Å². The second-order valence-electron chi connectivity index (χ2n) is 3.90. The van der Waals surface area contributed by atoms with Gasteiger partial charge in [0.1, 0.15) is 6.54 Å². The summed E-state index contributed by atoms with van der Waals surface area (Å²) in [5, 5.41) is 4.03. The molecule has 0 aliphatic rings. The fourth-order valence-corrected chi connectivity index (χ4v) is 1.79. The van der Waals surface area contributed by atoms with Crippen LogP contribution >= 0.6 is 15.9 Å². The van der Waals surface area contributed by atoms with Gasteiger partial charge in [0.25, 0.3) is 5.56 Å². The van der Waals surface area contributed by atoms with Crippen molar-refractivity contribution in [1.29, 1.82) is 0 Å². The van der Waals surface area contributed by atoms with Crippen molar-refractivity contribution in [2.24, 2.45) is 0 Å². The van der Waals surface area contributed by atoms with Crippen molar-refractivity contribution in [3.63, 3.8) is 0 Å². The highest BCUT2D eigenvalue weighted by atomic mass is 79.9. The van der Waals surface area contributed by atoms with Crippen LogP contribution in [-0.4, -0.2) is 15.6 Å². The van der Waals surface area contributed by atoms with Crippen LogP contribution in [0.4, 0.5) is 0 Å². The third-order valence-corrected chi connectivity index (χ3v) is 2.99. The van der Waals surface area contributed by atoms with Crippen molar-refractivity contribution in [3.8, 4) is 0 Å². The van der Waals surface area contributed by atoms with Crippen LogP contribution in [-0.2, 0) is 6.54 Å². The van der Waals surface area contributed by atoms with Gasteiger partial charge in [-0.25, -0.2) is 4.68 Å². The quantitative estimate of drug-likeness (QED) is 0.817. The number of nitrogens with zero attached hydrogens (tertiary/aromatic N) is 2. The molecule has 4 nitrogen and oxygen atoms in total. The van der Waals surface area contributed by atoms with E-state index in [1.54, 1.807) is 37.3 Å². The third kappa shape index (κ3) is 2.92. The topological polar surface area (TPSA) is 52.0 Å². The van der Waals surface area contributed by atoms with Crippen molar-refractivity contribution in [1.82, 2.24) is 9.78 Å². The summed E-state index contributed by atoms with van der Waals surface area (Å²) in [5.74, 6) is -0.136. The molecule has 0 atom stereocenters. The summed E-state index contributed by atoms with van der Waals surface area (Å²) in [4.78, 5) is 23.5. The van der Waals surface area contributed by atoms with E-state index in [4.69, 9.17) is 0 Å². The number of aromatic nitrogens is 2. The number of aryl methyl sites for hydroxylation is 1. The van der Waals surface area contributed by atoms with Gasteiger partial charge in [0, 0.05) is 16.1 Å². The van der Waals surface area contributed by atoms with E-state index < -0.39 is 0 Å². The molecule has 0 amide bonds. The third-order valence-electron chi connectivity index (χ3n) is 2.46. The van der Waals surface area contributed by atoms with Gasteiger partial charge in [0.05, 0.1) is 5.69 Å². The molecule has 1 aromatic carbocycles. The van der Waals surface area contributed by atoms with Crippen LogP contribution in [0.1, 0.15) is 16.1 Å². The van der Waals surface area contributed by atoms with Crippen molar-refractivity contribution < 1.29 is 4.79 Å². The number of benzene rings is 1. The highest BCUT2D eigenvalue weighted by molar-refractivity contribution is 9.10. The second kappa shape index (κ2) is 5.27. The van der Waals surface area contributed by atoms with Crippen LogP contribution in [0.2, 0.25) is 0 Å². The van der Waals surface area contributed by atoms with Crippen LogP contribution in [0.5, 0.6) is 0 Å². The van der Waals surface area contributed by atoms with Gasteiger partial charge in [-0.3, -0.25) is 9.59 Å². The SMILES string of the molecule is Cc1ccc(=O)n(CC(=O)c2ccc(Br)cc2)n1. The highest BCUT2D eigenvalue weighted by Crippen LogP contribution is 2.11. The van der Waals surface area contributed by atoms with E-state index in [2.05, 4.69) is 21.0 Å². The lowest BCUT2D eigenvalue weighted by molar-refractivity contribution is 0.0965. The molecule has 0 spiro atoms. The molecule has 0 fully saturated rings. The maximum atomic E-state index is 12.0. The van der Waals surface area contributed by atoms with E-state index in [9.17, 15) is 9.59 Å². The largest absolute Gasteiger partial charge is 0.292 e. The van der Waals surface area contributed by atoms with E-state index in [0.717, 1.165) is 4.47 Å². The first-order valence-corrected chi connectivity index (χ1v) is 6.19. The molecule has 0 N–H and O–H groups in total. The van der Waals surface area contributed by atoms with Crippen LogP contribution in [0.3, 0.4) is 0 Å². The Morgan fingerprint density at radius 3 is 2.56 bits per heavy atom. The Hall–Kier alpha value is -1.75. The molecule has 92 valence electrons. The molecule has 0 saturated heterocycles. The van der Waals surface area contributed by atoms with Gasteiger partial charge >= 0.3 is 0 Å². The van der Waals surface area contributed by atoms with Gasteiger partial charge in [-0.05, 0) is 25.1 Å². The van der Waals surface area contributed by atoms with Gasteiger partial charge in [0.2, 0.25) is 0 Å². The van der Waals surface area contributed by atoms with Crippen LogP contribution in [0.25, 0.3) is 0 Å². The fraction of sp³-hybridized carbons (Fsp3) is 0.154. The second-order valence-corrected chi connectivity index (χ2v) is 4.82. The number of hydrogen-bond donors (Lipinski definition) is 0. The summed E-state index contributed by atoms with van der Waals surface area (Å²) in [6, 6.07) is 10.1. The average Bonchev–Trinajstić information content (AvgIpc) is 2.34. The molecular weight excluding hydrogens is 296 g/mol. The Kier molecular flexibility index (Phi) is 3.72. The summed E-state index contributed by atoms with van der Waals surface area (Å²) in [7, 11) is 0. The number of ketones is 1. The van der Waals surface area contributed by atoms with Gasteiger partial charge in [-0.15, -0.1) is 0 Å². The Balaban J connectivity index is 2.24. The molecule has 0 unspecified atom stereocenters. The molecule has 2 rings (SSSR count). The molecule has 18 heavy (non-hydrogen) atoms. The first kappa shape index (κ1) is 12.7. The minimum absolute atomic E-state index is 0.0395. The normalized spacial score (nSPS) is 10.3. The van der Waals surface area contributed by atoms with Crippen LogP contribution in [0.15, 0.2) is 45.7 Å². The fourth-order valence-electron chi connectivity index (χ4n) is 1.53. The van der Waals surface area contributed by atoms with Crippen molar-refractivity contribution in [3.05, 3.63) is 62.5 Å². The first-order valence-electron chi connectivity index (χ1n) is 5.40. The minimum atomic E-state index is -0.272. The summed E-state index contributed by atoms with van der Waals surface area (Å²) in [6.07, 6.45) is 0. The Morgan fingerprint density at radius 1 is 1.22 bits per heavy atom. The van der Waals surface area contributed by atoms with Crippen molar-refractivity contribution in [2.75, 3.05) is 0 Å². The first-order chi connectivity index (χ1) is 8.56. The number of carbonyl (C=O) groups is 1. The van der Waals surface area contributed by atoms with Gasteiger partial charge in [-0.1, -0.05) is 28.1 Å². The predicted molar refractivity (Wildman–Crippen MR) is 71.7 cm³/mol. The standard InChI is InChI=1S/C13H11BrN2O2/c1-9-2-7-13(18)16(15-9)8-12(17)10-3-5-11(14)6-4-10/h2-7H,8H2,1H3. The van der Waals surface area contributed by atoms with Crippen LogP contribution < -0.4 is 5.56 Å². The van der Waals surface area contributed by atoms with E-state index in [1.165, 1.54) is 10.7 Å². The van der Waals surface area contributed by atoms with Gasteiger partial charge < -0.3 is 0 Å². The van der Waals surface area contributed by atoms with E-state index in [1.807, 2.05) is 0 Å². The molecule has 2 aromatic rings. The maximum absolute atomic E-state index is 12.0. The molecule has 5 heteroatoms. The molecule has 0 saturated carbocycles. The van der Waals surface area contributed by atoms with Gasteiger partial charge in [0.15, 0.2) is 5.78 Å². The Morgan fingerprint density at radius 2 is 1.89 bits per heavy atom. The number of rotatable bonds is 3. The van der Waals surface area contributed by atoms with Crippen molar-refractivity contribution in [2.45, 2.75) is 13.5 Å². The van der Waals surface area contributed by atoms with E-state index in [0.29, 0.717) is 11.3 Å². The monoisotopic (exact) mass is 306 g/mol. The minimum Gasteiger partial charge on any atom is -0.292 e. The predicted octanol–water partition coefficient (Wildman–Crippen LogP) is 2.20. The molecule has 0 aliphatic carbocycles. The highest BCUT2D eigenvalue weighted by Gasteiger charge is 2.08. The molecular formula is C13H11BrN2O2. The molecule has 0 aliphatic heterocycles. The average molecular weight is 307 g/mol. The zero-order chi connectivity index (χ0) is 13.1. The number of halogens is 1. The molecule has 1 heterocycles. The summed E-state index contributed by atoms with van der Waals surface area (Å²) >= 11 is 3.30. The summed E-state index contributed by atoms with van der Waals surface area (Å²) in [6.45, 7) is 1.74. The zero-order valence-corrected chi connectivity index (χ0v) is 11.3.